The first kappa shape index (κ1) is 12.8. The third-order valence-electron chi connectivity index (χ3n) is 2.95. The van der Waals surface area contributed by atoms with Crippen LogP contribution in [0.15, 0.2) is 12.1 Å². The molecule has 2 rings (SSSR count). The van der Waals surface area contributed by atoms with Crippen molar-refractivity contribution in [3.05, 3.63) is 17.7 Å². The number of hydrogen-bond donors (Lipinski definition) is 3. The normalized spacial score (nSPS) is 15.8. The van der Waals surface area contributed by atoms with Gasteiger partial charge in [-0.05, 0) is 30.9 Å². The number of benzene rings is 1. The molecule has 5 N–H and O–H groups in total. The van der Waals surface area contributed by atoms with Gasteiger partial charge in [0, 0.05) is 6.54 Å². The lowest BCUT2D eigenvalue weighted by molar-refractivity contribution is -0.138. The predicted octanol–water partition coefficient (Wildman–Crippen LogP) is 2.08. The van der Waals surface area contributed by atoms with Crippen LogP contribution in [0.1, 0.15) is 18.4 Å². The van der Waals surface area contributed by atoms with Crippen LogP contribution < -0.4 is 16.6 Å². The van der Waals surface area contributed by atoms with Gasteiger partial charge in [-0.1, -0.05) is 0 Å². The summed E-state index contributed by atoms with van der Waals surface area (Å²) in [4.78, 5) is 0. The molecule has 4 nitrogen and oxygen atoms in total. The van der Waals surface area contributed by atoms with Gasteiger partial charge in [0.25, 0.3) is 0 Å². The summed E-state index contributed by atoms with van der Waals surface area (Å²) >= 11 is 0. The van der Waals surface area contributed by atoms with Crippen molar-refractivity contribution in [1.82, 2.24) is 0 Å². The maximum atomic E-state index is 12.7. The Kier molecular flexibility index (Phi) is 3.02. The Morgan fingerprint density at radius 2 is 1.94 bits per heavy atom. The van der Waals surface area contributed by atoms with Crippen LogP contribution in [0.3, 0.4) is 0 Å². The topological polar surface area (TPSA) is 75.5 Å². The highest BCUT2D eigenvalue weighted by Gasteiger charge is 2.38. The number of phenols is 1. The Balaban J connectivity index is 2.36. The highest BCUT2D eigenvalue weighted by atomic mass is 19.4. The van der Waals surface area contributed by atoms with Crippen molar-refractivity contribution in [2.75, 3.05) is 17.3 Å². The number of nitrogens with zero attached hydrogens (tertiary/aromatic N) is 1. The molecule has 0 amide bonds. The second-order valence-electron chi connectivity index (χ2n) is 4.49. The van der Waals surface area contributed by atoms with E-state index in [1.165, 1.54) is 11.1 Å². The smallest absolute Gasteiger partial charge is 0.422 e. The lowest BCUT2D eigenvalue weighted by Crippen LogP contribution is -2.34. The van der Waals surface area contributed by atoms with Crippen molar-refractivity contribution < 1.29 is 18.3 Å². The van der Waals surface area contributed by atoms with E-state index < -0.39 is 23.2 Å². The molecule has 0 unspecified atom stereocenters. The number of halogens is 3. The van der Waals surface area contributed by atoms with Crippen LogP contribution in [0.2, 0.25) is 0 Å². The van der Waals surface area contributed by atoms with E-state index in [0.717, 1.165) is 18.9 Å². The summed E-state index contributed by atoms with van der Waals surface area (Å²) in [5, 5.41) is 10.5. The molecule has 18 heavy (non-hydrogen) atoms. The summed E-state index contributed by atoms with van der Waals surface area (Å²) in [6, 6.07) is 2.25. The number of anilines is 2. The van der Waals surface area contributed by atoms with Crippen LogP contribution in [0.4, 0.5) is 24.5 Å². The summed E-state index contributed by atoms with van der Waals surface area (Å²) in [7, 11) is 0. The van der Waals surface area contributed by atoms with Gasteiger partial charge in [0.05, 0.1) is 11.4 Å². The predicted molar refractivity (Wildman–Crippen MR) is 61.8 cm³/mol. The van der Waals surface area contributed by atoms with Crippen molar-refractivity contribution in [1.29, 1.82) is 0 Å². The first-order valence-corrected chi connectivity index (χ1v) is 5.51. The molecule has 0 bridgehead atoms. The molecular weight excluding hydrogens is 247 g/mol. The van der Waals surface area contributed by atoms with Crippen molar-refractivity contribution >= 4 is 11.4 Å². The van der Waals surface area contributed by atoms with Gasteiger partial charge in [-0.25, -0.2) is 5.84 Å². The summed E-state index contributed by atoms with van der Waals surface area (Å²) in [6.45, 7) is 0.465. The zero-order valence-electron chi connectivity index (χ0n) is 9.54. The molecule has 1 fully saturated rings. The Hall–Kier alpha value is -1.63. The summed E-state index contributed by atoms with van der Waals surface area (Å²) in [5.41, 5.74) is 3.79. The number of nitrogens with two attached hydrogens (primary N) is 2. The summed E-state index contributed by atoms with van der Waals surface area (Å²) < 4.78 is 38.2. The van der Waals surface area contributed by atoms with E-state index >= 15 is 0 Å². The summed E-state index contributed by atoms with van der Waals surface area (Å²) in [5.74, 6) is 5.23. The van der Waals surface area contributed by atoms with Gasteiger partial charge in [0.1, 0.15) is 11.3 Å². The maximum Gasteiger partial charge on any atom is 0.422 e. The number of aromatic hydroxyl groups is 1. The zero-order chi connectivity index (χ0) is 13.5. The lowest BCUT2D eigenvalue weighted by Gasteiger charge is -2.23. The Morgan fingerprint density at radius 1 is 1.33 bits per heavy atom. The van der Waals surface area contributed by atoms with Gasteiger partial charge in [-0.2, -0.15) is 13.2 Å². The van der Waals surface area contributed by atoms with Crippen LogP contribution in [0.5, 0.6) is 5.75 Å². The minimum absolute atomic E-state index is 0.0898. The Morgan fingerprint density at radius 3 is 2.44 bits per heavy atom. The van der Waals surface area contributed by atoms with Gasteiger partial charge in [-0.15, -0.1) is 0 Å². The first-order valence-electron chi connectivity index (χ1n) is 5.51. The maximum absolute atomic E-state index is 12.7. The molecule has 0 radical (unpaired) electrons. The van der Waals surface area contributed by atoms with Crippen molar-refractivity contribution in [3.8, 4) is 5.75 Å². The highest BCUT2D eigenvalue weighted by Crippen LogP contribution is 2.43. The Labute approximate surface area is 102 Å². The van der Waals surface area contributed by atoms with Crippen LogP contribution in [-0.4, -0.2) is 11.7 Å². The molecule has 0 atom stereocenters. The first-order chi connectivity index (χ1) is 8.30. The molecule has 1 aliphatic carbocycles. The SMILES string of the molecule is Nc1c(N(N)CC2CC2)ccc(O)c1C(F)(F)F. The molecule has 1 aromatic carbocycles. The van der Waals surface area contributed by atoms with Gasteiger partial charge in [0.2, 0.25) is 0 Å². The van der Waals surface area contributed by atoms with Crippen LogP contribution in [0.25, 0.3) is 0 Å². The van der Waals surface area contributed by atoms with Crippen molar-refractivity contribution in [3.63, 3.8) is 0 Å². The number of hydrazine groups is 1. The molecule has 0 saturated heterocycles. The van der Waals surface area contributed by atoms with Crippen molar-refractivity contribution in [2.45, 2.75) is 19.0 Å². The fourth-order valence-electron chi connectivity index (χ4n) is 1.82. The van der Waals surface area contributed by atoms with E-state index in [-0.39, 0.29) is 5.69 Å². The van der Waals surface area contributed by atoms with Crippen LogP contribution in [-0.2, 0) is 6.18 Å². The molecular formula is C11H14F3N3O. The zero-order valence-corrected chi connectivity index (χ0v) is 9.54. The van der Waals surface area contributed by atoms with E-state index in [9.17, 15) is 18.3 Å². The fraction of sp³-hybridized carbons (Fsp3) is 0.455. The average Bonchev–Trinajstić information content (AvgIpc) is 2.99. The minimum atomic E-state index is -4.70. The van der Waals surface area contributed by atoms with E-state index in [1.807, 2.05) is 0 Å². The Bertz CT molecular complexity index is 458. The van der Waals surface area contributed by atoms with Crippen LogP contribution >= 0.6 is 0 Å². The van der Waals surface area contributed by atoms with Crippen LogP contribution in [0, 0.1) is 5.92 Å². The molecule has 7 heteroatoms. The molecule has 0 spiro atoms. The third kappa shape index (κ3) is 2.45. The largest absolute Gasteiger partial charge is 0.507 e. The number of hydrogen-bond acceptors (Lipinski definition) is 4. The molecule has 0 heterocycles. The number of phenolic OH excluding ortho intramolecular Hbond substituents is 1. The molecule has 100 valence electrons. The minimum Gasteiger partial charge on any atom is -0.507 e. The second-order valence-corrected chi connectivity index (χ2v) is 4.49. The van der Waals surface area contributed by atoms with E-state index in [4.69, 9.17) is 11.6 Å². The molecule has 0 aliphatic heterocycles. The second kappa shape index (κ2) is 4.24. The van der Waals surface area contributed by atoms with Gasteiger partial charge < -0.3 is 15.8 Å². The van der Waals surface area contributed by atoms with Gasteiger partial charge in [-0.3, -0.25) is 0 Å². The van der Waals surface area contributed by atoms with E-state index in [2.05, 4.69) is 0 Å². The molecule has 0 aromatic heterocycles. The molecule has 1 aliphatic rings. The standard InChI is InChI=1S/C11H14F3N3O/c12-11(13,14)9-8(18)4-3-7(10(9)15)17(16)5-6-1-2-6/h3-4,6,18H,1-2,5,15-16H2. The third-order valence-corrected chi connectivity index (χ3v) is 2.95. The monoisotopic (exact) mass is 261 g/mol. The fourth-order valence-corrected chi connectivity index (χ4v) is 1.82. The van der Waals surface area contributed by atoms with Gasteiger partial charge >= 0.3 is 6.18 Å². The highest BCUT2D eigenvalue weighted by molar-refractivity contribution is 5.74. The average molecular weight is 261 g/mol. The van der Waals surface area contributed by atoms with Crippen molar-refractivity contribution in [2.24, 2.45) is 11.8 Å². The number of alkyl halides is 3. The molecule has 1 saturated carbocycles. The molecule has 1 aromatic rings. The number of rotatable bonds is 3. The van der Waals surface area contributed by atoms with Gasteiger partial charge in [0.15, 0.2) is 0 Å². The van der Waals surface area contributed by atoms with E-state index in [1.54, 1.807) is 0 Å². The number of nitrogen functional groups attached to an aromatic ring is 1. The quantitative estimate of drug-likeness (QED) is 0.442. The lowest BCUT2D eigenvalue weighted by atomic mass is 10.1. The van der Waals surface area contributed by atoms with E-state index in [0.29, 0.717) is 12.5 Å². The summed E-state index contributed by atoms with van der Waals surface area (Å²) in [6.07, 6.45) is -2.65.